The van der Waals surface area contributed by atoms with Gasteiger partial charge in [0.15, 0.2) is 0 Å². The van der Waals surface area contributed by atoms with E-state index in [0.717, 1.165) is 0 Å². The molecule has 0 unspecified atom stereocenters. The number of rotatable bonds is 5. The molecule has 2 heterocycles. The molecular formula is C12H17N5O. The van der Waals surface area contributed by atoms with Crippen LogP contribution in [0.3, 0.4) is 0 Å². The van der Waals surface area contributed by atoms with E-state index < -0.39 is 0 Å². The molecule has 0 aliphatic carbocycles. The van der Waals surface area contributed by atoms with Crippen LogP contribution >= 0.6 is 0 Å². The molecule has 1 amide bonds. The molecule has 0 bridgehead atoms. The Hall–Kier alpha value is -2.11. The summed E-state index contributed by atoms with van der Waals surface area (Å²) in [5.74, 6) is 0.294. The van der Waals surface area contributed by atoms with Crippen molar-refractivity contribution in [1.82, 2.24) is 24.9 Å². The standard InChI is InChI=1S/C12H17N5O/c1-10(2)8-13-12(18)11-4-7-17(15-11)9-16-6-3-5-14-16/h3-7,10H,8-9H2,1-2H3,(H,13,18). The number of carbonyl (C=O) groups is 1. The van der Waals surface area contributed by atoms with Crippen molar-refractivity contribution in [2.24, 2.45) is 5.92 Å². The van der Waals surface area contributed by atoms with E-state index in [9.17, 15) is 4.79 Å². The van der Waals surface area contributed by atoms with Gasteiger partial charge in [0.1, 0.15) is 12.4 Å². The minimum Gasteiger partial charge on any atom is -0.350 e. The van der Waals surface area contributed by atoms with E-state index in [0.29, 0.717) is 24.8 Å². The summed E-state index contributed by atoms with van der Waals surface area (Å²) in [6, 6.07) is 3.55. The van der Waals surface area contributed by atoms with Crippen molar-refractivity contribution in [3.05, 3.63) is 36.4 Å². The van der Waals surface area contributed by atoms with Gasteiger partial charge in [0.2, 0.25) is 0 Å². The first-order valence-corrected chi connectivity index (χ1v) is 5.94. The van der Waals surface area contributed by atoms with Gasteiger partial charge in [-0.2, -0.15) is 10.2 Å². The Morgan fingerprint density at radius 1 is 1.39 bits per heavy atom. The molecule has 2 aromatic heterocycles. The van der Waals surface area contributed by atoms with Crippen LogP contribution in [0.5, 0.6) is 0 Å². The normalized spacial score (nSPS) is 10.8. The summed E-state index contributed by atoms with van der Waals surface area (Å²) in [6.45, 7) is 5.27. The molecule has 96 valence electrons. The lowest BCUT2D eigenvalue weighted by Crippen LogP contribution is -2.27. The van der Waals surface area contributed by atoms with Crippen LogP contribution in [0.25, 0.3) is 0 Å². The summed E-state index contributed by atoms with van der Waals surface area (Å²) < 4.78 is 3.42. The maximum Gasteiger partial charge on any atom is 0.271 e. The molecule has 0 spiro atoms. The zero-order valence-electron chi connectivity index (χ0n) is 10.6. The van der Waals surface area contributed by atoms with Crippen LogP contribution in [0.15, 0.2) is 30.7 Å². The second-order valence-electron chi connectivity index (χ2n) is 4.53. The fourth-order valence-electron chi connectivity index (χ4n) is 1.48. The molecule has 6 heteroatoms. The lowest BCUT2D eigenvalue weighted by atomic mass is 10.2. The monoisotopic (exact) mass is 247 g/mol. The molecule has 0 fully saturated rings. The third-order valence-corrected chi connectivity index (χ3v) is 2.39. The molecule has 0 radical (unpaired) electrons. The summed E-state index contributed by atoms with van der Waals surface area (Å²) in [5, 5.41) is 11.1. The van der Waals surface area contributed by atoms with Gasteiger partial charge in [-0.05, 0) is 18.1 Å². The average molecular weight is 247 g/mol. The van der Waals surface area contributed by atoms with E-state index >= 15 is 0 Å². The number of nitrogens with one attached hydrogen (secondary N) is 1. The second-order valence-corrected chi connectivity index (χ2v) is 4.53. The first kappa shape index (κ1) is 12.3. The van der Waals surface area contributed by atoms with E-state index in [1.165, 1.54) is 0 Å². The molecule has 0 aromatic carbocycles. The van der Waals surface area contributed by atoms with Crippen molar-refractivity contribution in [1.29, 1.82) is 0 Å². The Kier molecular flexibility index (Phi) is 3.76. The van der Waals surface area contributed by atoms with Crippen molar-refractivity contribution in [3.8, 4) is 0 Å². The Bertz CT molecular complexity index is 500. The summed E-state index contributed by atoms with van der Waals surface area (Å²) >= 11 is 0. The first-order chi connectivity index (χ1) is 8.65. The zero-order valence-corrected chi connectivity index (χ0v) is 10.6. The topological polar surface area (TPSA) is 64.7 Å². The maximum absolute atomic E-state index is 11.8. The minimum atomic E-state index is -0.136. The highest BCUT2D eigenvalue weighted by Crippen LogP contribution is 1.98. The van der Waals surface area contributed by atoms with Crippen molar-refractivity contribution < 1.29 is 4.79 Å². The van der Waals surface area contributed by atoms with Crippen LogP contribution in [0.1, 0.15) is 24.3 Å². The van der Waals surface area contributed by atoms with Gasteiger partial charge in [-0.1, -0.05) is 13.8 Å². The van der Waals surface area contributed by atoms with Gasteiger partial charge in [-0.3, -0.25) is 14.2 Å². The van der Waals surface area contributed by atoms with Gasteiger partial charge in [-0.15, -0.1) is 0 Å². The van der Waals surface area contributed by atoms with E-state index in [4.69, 9.17) is 0 Å². The van der Waals surface area contributed by atoms with Gasteiger partial charge < -0.3 is 5.32 Å². The van der Waals surface area contributed by atoms with Gasteiger partial charge in [0.05, 0.1) is 0 Å². The number of nitrogens with zero attached hydrogens (tertiary/aromatic N) is 4. The van der Waals surface area contributed by atoms with E-state index in [2.05, 4.69) is 29.4 Å². The van der Waals surface area contributed by atoms with Crippen molar-refractivity contribution in [2.75, 3.05) is 6.54 Å². The van der Waals surface area contributed by atoms with Crippen molar-refractivity contribution >= 4 is 5.91 Å². The quantitative estimate of drug-likeness (QED) is 0.856. The molecule has 1 N–H and O–H groups in total. The van der Waals surface area contributed by atoms with Crippen LogP contribution in [-0.4, -0.2) is 32.0 Å². The second kappa shape index (κ2) is 5.48. The van der Waals surface area contributed by atoms with Crippen LogP contribution in [-0.2, 0) is 6.67 Å². The minimum absolute atomic E-state index is 0.136. The fourth-order valence-corrected chi connectivity index (χ4v) is 1.48. The predicted octanol–water partition coefficient (Wildman–Crippen LogP) is 0.971. The summed E-state index contributed by atoms with van der Waals surface area (Å²) in [7, 11) is 0. The Morgan fingerprint density at radius 3 is 2.89 bits per heavy atom. The van der Waals surface area contributed by atoms with Crippen LogP contribution in [0, 0.1) is 5.92 Å². The highest BCUT2D eigenvalue weighted by Gasteiger charge is 2.09. The third-order valence-electron chi connectivity index (χ3n) is 2.39. The Labute approximate surface area is 106 Å². The third kappa shape index (κ3) is 3.19. The molecule has 18 heavy (non-hydrogen) atoms. The van der Waals surface area contributed by atoms with Crippen molar-refractivity contribution in [2.45, 2.75) is 20.5 Å². The van der Waals surface area contributed by atoms with Gasteiger partial charge in [0, 0.05) is 25.1 Å². The molecule has 0 saturated heterocycles. The highest BCUT2D eigenvalue weighted by atomic mass is 16.1. The van der Waals surface area contributed by atoms with Gasteiger partial charge in [-0.25, -0.2) is 0 Å². The number of hydrogen-bond acceptors (Lipinski definition) is 3. The van der Waals surface area contributed by atoms with E-state index in [1.54, 1.807) is 27.8 Å². The largest absolute Gasteiger partial charge is 0.350 e. The summed E-state index contributed by atoms with van der Waals surface area (Å²) in [5.41, 5.74) is 0.433. The Morgan fingerprint density at radius 2 is 2.22 bits per heavy atom. The van der Waals surface area contributed by atoms with Gasteiger partial charge in [0.25, 0.3) is 5.91 Å². The predicted molar refractivity (Wildman–Crippen MR) is 67.0 cm³/mol. The lowest BCUT2D eigenvalue weighted by Gasteiger charge is -2.05. The molecule has 6 nitrogen and oxygen atoms in total. The number of hydrogen-bond donors (Lipinski definition) is 1. The number of carbonyl (C=O) groups excluding carboxylic acids is 1. The zero-order chi connectivity index (χ0) is 13.0. The molecule has 0 atom stereocenters. The summed E-state index contributed by atoms with van der Waals surface area (Å²) in [4.78, 5) is 11.8. The molecule has 2 rings (SSSR count). The smallest absolute Gasteiger partial charge is 0.271 e. The molecular weight excluding hydrogens is 230 g/mol. The first-order valence-electron chi connectivity index (χ1n) is 5.94. The lowest BCUT2D eigenvalue weighted by molar-refractivity contribution is 0.0943. The fraction of sp³-hybridized carbons (Fsp3) is 0.417. The summed E-state index contributed by atoms with van der Waals surface area (Å²) in [6.07, 6.45) is 5.33. The number of aromatic nitrogens is 4. The number of amides is 1. The van der Waals surface area contributed by atoms with Crippen LogP contribution < -0.4 is 5.32 Å². The SMILES string of the molecule is CC(C)CNC(=O)c1ccn(Cn2cccn2)n1. The molecule has 0 aliphatic heterocycles. The molecule has 2 aromatic rings. The Balaban J connectivity index is 1.95. The maximum atomic E-state index is 11.8. The van der Waals surface area contributed by atoms with E-state index in [1.807, 2.05) is 12.3 Å². The average Bonchev–Trinajstić information content (AvgIpc) is 2.98. The molecule has 0 aliphatic rings. The molecule has 0 saturated carbocycles. The van der Waals surface area contributed by atoms with Crippen molar-refractivity contribution in [3.63, 3.8) is 0 Å². The van der Waals surface area contributed by atoms with Crippen LogP contribution in [0.4, 0.5) is 0 Å². The highest BCUT2D eigenvalue weighted by molar-refractivity contribution is 5.92. The van der Waals surface area contributed by atoms with Gasteiger partial charge >= 0.3 is 0 Å². The van der Waals surface area contributed by atoms with Crippen LogP contribution in [0.2, 0.25) is 0 Å². The van der Waals surface area contributed by atoms with E-state index in [-0.39, 0.29) is 5.91 Å².